The normalized spacial score (nSPS) is 19.1. The molecule has 2 aliphatic rings. The van der Waals surface area contributed by atoms with E-state index in [1.54, 1.807) is 12.1 Å². The van der Waals surface area contributed by atoms with Gasteiger partial charge in [-0.2, -0.15) is 0 Å². The summed E-state index contributed by atoms with van der Waals surface area (Å²) in [5, 5.41) is 8.87. The minimum Gasteiger partial charge on any atom is -0.381 e. The van der Waals surface area contributed by atoms with E-state index in [0.29, 0.717) is 39.1 Å². The van der Waals surface area contributed by atoms with Gasteiger partial charge < -0.3 is 20.7 Å². The number of carbonyl (C=O) groups excluding carboxylic acids is 2. The summed E-state index contributed by atoms with van der Waals surface area (Å²) in [5.74, 6) is -0.311. The van der Waals surface area contributed by atoms with Crippen molar-refractivity contribution in [2.45, 2.75) is 69.2 Å². The van der Waals surface area contributed by atoms with Gasteiger partial charge in [-0.3, -0.25) is 4.79 Å². The Hall–Kier alpha value is -2.15. The van der Waals surface area contributed by atoms with Crippen LogP contribution in [0.4, 0.5) is 9.18 Å². The predicted octanol–water partition coefficient (Wildman–Crippen LogP) is 3.40. The zero-order chi connectivity index (χ0) is 21.2. The lowest BCUT2D eigenvalue weighted by Crippen LogP contribution is -2.45. The van der Waals surface area contributed by atoms with E-state index < -0.39 is 0 Å². The van der Waals surface area contributed by atoms with Gasteiger partial charge in [0.15, 0.2) is 0 Å². The molecule has 3 amide bonds. The van der Waals surface area contributed by atoms with Crippen LogP contribution in [-0.2, 0) is 14.9 Å². The number of amides is 3. The van der Waals surface area contributed by atoms with Gasteiger partial charge in [-0.1, -0.05) is 31.4 Å². The maximum atomic E-state index is 13.8. The fourth-order valence-corrected chi connectivity index (χ4v) is 4.44. The van der Waals surface area contributed by atoms with Gasteiger partial charge in [0.05, 0.1) is 0 Å². The Morgan fingerprint density at radius 2 is 1.87 bits per heavy atom. The minimum atomic E-state index is -0.297. The quantitative estimate of drug-likeness (QED) is 0.565. The molecule has 1 aliphatic carbocycles. The Morgan fingerprint density at radius 3 is 2.60 bits per heavy atom. The molecule has 30 heavy (non-hydrogen) atoms. The number of ether oxygens (including phenoxy) is 1. The highest BCUT2D eigenvalue weighted by atomic mass is 19.1. The second kappa shape index (κ2) is 11.3. The highest BCUT2D eigenvalue weighted by Gasteiger charge is 2.35. The van der Waals surface area contributed by atoms with E-state index in [0.717, 1.165) is 31.2 Å². The summed E-state index contributed by atoms with van der Waals surface area (Å²) < 4.78 is 19.2. The topological polar surface area (TPSA) is 79.5 Å². The van der Waals surface area contributed by atoms with Crippen molar-refractivity contribution in [3.8, 4) is 0 Å². The van der Waals surface area contributed by atoms with E-state index in [1.165, 1.54) is 25.3 Å². The Morgan fingerprint density at radius 1 is 1.10 bits per heavy atom. The number of rotatable bonds is 8. The van der Waals surface area contributed by atoms with Crippen molar-refractivity contribution in [1.82, 2.24) is 16.0 Å². The number of nitrogens with one attached hydrogen (secondary N) is 3. The van der Waals surface area contributed by atoms with Crippen LogP contribution in [0.15, 0.2) is 24.3 Å². The highest BCUT2D eigenvalue weighted by Crippen LogP contribution is 2.34. The molecule has 1 saturated carbocycles. The molecule has 3 N–H and O–H groups in total. The molecule has 3 rings (SSSR count). The third-order valence-corrected chi connectivity index (χ3v) is 6.32. The molecule has 2 fully saturated rings. The summed E-state index contributed by atoms with van der Waals surface area (Å²) in [7, 11) is 0. The molecule has 1 saturated heterocycles. The Balaban J connectivity index is 1.39. The van der Waals surface area contributed by atoms with Crippen LogP contribution in [0.2, 0.25) is 0 Å². The fraction of sp³-hybridized carbons (Fsp3) is 0.652. The summed E-state index contributed by atoms with van der Waals surface area (Å²) in [5.41, 5.74) is 0.612. The van der Waals surface area contributed by atoms with Crippen LogP contribution in [0.5, 0.6) is 0 Å². The second-order valence-electron chi connectivity index (χ2n) is 8.52. The number of benzene rings is 1. The third kappa shape index (κ3) is 6.69. The molecule has 1 aromatic carbocycles. The molecule has 0 unspecified atom stereocenters. The first-order chi connectivity index (χ1) is 14.6. The zero-order valence-electron chi connectivity index (χ0n) is 17.7. The molecule has 0 atom stereocenters. The molecule has 1 aliphatic heterocycles. The third-order valence-electron chi connectivity index (χ3n) is 6.32. The van der Waals surface area contributed by atoms with E-state index in [9.17, 15) is 14.0 Å². The van der Waals surface area contributed by atoms with E-state index >= 15 is 0 Å². The first-order valence-corrected chi connectivity index (χ1v) is 11.2. The van der Waals surface area contributed by atoms with Crippen LogP contribution < -0.4 is 16.0 Å². The van der Waals surface area contributed by atoms with Crippen LogP contribution in [0, 0.1) is 5.82 Å². The van der Waals surface area contributed by atoms with Crippen LogP contribution in [0.25, 0.3) is 0 Å². The summed E-state index contributed by atoms with van der Waals surface area (Å²) in [6.07, 6.45) is 8.13. The standard InChI is InChI=1S/C23H34FN3O3/c24-19-7-4-6-18(16-19)23(11-14-30-15-12-23)17-26-21(28)10-5-13-25-22(29)27-20-8-2-1-3-9-20/h4,6-7,16,20H,1-3,5,8-15,17H2,(H,26,28)(H2,25,27,29). The number of hydrogen-bond donors (Lipinski definition) is 3. The second-order valence-corrected chi connectivity index (χ2v) is 8.52. The zero-order valence-corrected chi connectivity index (χ0v) is 17.7. The van der Waals surface area contributed by atoms with E-state index in [4.69, 9.17) is 4.74 Å². The smallest absolute Gasteiger partial charge is 0.315 e. The summed E-state index contributed by atoms with van der Waals surface area (Å²) in [6.45, 7) is 2.14. The average molecular weight is 420 g/mol. The first kappa shape index (κ1) is 22.5. The van der Waals surface area contributed by atoms with Crippen molar-refractivity contribution in [3.63, 3.8) is 0 Å². The van der Waals surface area contributed by atoms with Crippen molar-refractivity contribution in [1.29, 1.82) is 0 Å². The summed E-state index contributed by atoms with van der Waals surface area (Å²) >= 11 is 0. The number of halogens is 1. The van der Waals surface area contributed by atoms with Crippen molar-refractivity contribution in [2.75, 3.05) is 26.3 Å². The van der Waals surface area contributed by atoms with Gasteiger partial charge in [-0.05, 0) is 49.8 Å². The molecular weight excluding hydrogens is 385 g/mol. The van der Waals surface area contributed by atoms with Crippen molar-refractivity contribution in [3.05, 3.63) is 35.6 Å². The fourth-order valence-electron chi connectivity index (χ4n) is 4.44. The molecule has 7 heteroatoms. The van der Waals surface area contributed by atoms with Crippen LogP contribution >= 0.6 is 0 Å². The van der Waals surface area contributed by atoms with Gasteiger partial charge in [0.2, 0.25) is 5.91 Å². The van der Waals surface area contributed by atoms with E-state index in [-0.39, 0.29) is 29.2 Å². The van der Waals surface area contributed by atoms with E-state index in [1.807, 2.05) is 6.07 Å². The lowest BCUT2D eigenvalue weighted by molar-refractivity contribution is -0.121. The van der Waals surface area contributed by atoms with Crippen molar-refractivity contribution >= 4 is 11.9 Å². The van der Waals surface area contributed by atoms with Crippen molar-refractivity contribution < 1.29 is 18.7 Å². The van der Waals surface area contributed by atoms with Gasteiger partial charge in [-0.25, -0.2) is 9.18 Å². The molecule has 0 spiro atoms. The van der Waals surface area contributed by atoms with Crippen LogP contribution in [0.3, 0.4) is 0 Å². The van der Waals surface area contributed by atoms with Gasteiger partial charge in [0.1, 0.15) is 5.82 Å². The van der Waals surface area contributed by atoms with Crippen LogP contribution in [0.1, 0.15) is 63.4 Å². The molecule has 166 valence electrons. The molecule has 1 heterocycles. The molecular formula is C23H34FN3O3. The first-order valence-electron chi connectivity index (χ1n) is 11.2. The largest absolute Gasteiger partial charge is 0.381 e. The van der Waals surface area contributed by atoms with Gasteiger partial charge >= 0.3 is 6.03 Å². The van der Waals surface area contributed by atoms with Gasteiger partial charge in [0, 0.05) is 44.2 Å². The van der Waals surface area contributed by atoms with Gasteiger partial charge in [0.25, 0.3) is 0 Å². The monoisotopic (exact) mass is 419 g/mol. The minimum absolute atomic E-state index is 0.0493. The van der Waals surface area contributed by atoms with E-state index in [2.05, 4.69) is 16.0 Å². The summed E-state index contributed by atoms with van der Waals surface area (Å²) in [4.78, 5) is 24.3. The Kier molecular flexibility index (Phi) is 8.49. The number of hydrogen-bond acceptors (Lipinski definition) is 3. The molecule has 6 nitrogen and oxygen atoms in total. The van der Waals surface area contributed by atoms with Gasteiger partial charge in [-0.15, -0.1) is 0 Å². The maximum absolute atomic E-state index is 13.8. The number of urea groups is 1. The average Bonchev–Trinajstić information content (AvgIpc) is 2.77. The molecule has 0 radical (unpaired) electrons. The van der Waals surface area contributed by atoms with Crippen molar-refractivity contribution in [2.24, 2.45) is 0 Å². The Labute approximate surface area is 178 Å². The molecule has 1 aromatic rings. The highest BCUT2D eigenvalue weighted by molar-refractivity contribution is 5.76. The lowest BCUT2D eigenvalue weighted by atomic mass is 9.74. The summed E-state index contributed by atoms with van der Waals surface area (Å²) in [6, 6.07) is 6.78. The maximum Gasteiger partial charge on any atom is 0.315 e. The number of carbonyl (C=O) groups is 2. The van der Waals surface area contributed by atoms with Crippen LogP contribution in [-0.4, -0.2) is 44.3 Å². The lowest BCUT2D eigenvalue weighted by Gasteiger charge is -2.38. The SMILES string of the molecule is O=C(CCCNC(=O)NC1CCCCC1)NCC1(c2cccc(F)c2)CCOCC1. The predicted molar refractivity (Wildman–Crippen MR) is 114 cm³/mol. The molecule has 0 bridgehead atoms. The Bertz CT molecular complexity index is 701. The molecule has 0 aromatic heterocycles.